The molecule has 0 saturated carbocycles. The first-order valence-corrected chi connectivity index (χ1v) is 5.21. The van der Waals surface area contributed by atoms with E-state index in [1.807, 2.05) is 25.2 Å². The van der Waals surface area contributed by atoms with Crippen LogP contribution in [0.4, 0.5) is 0 Å². The molecule has 1 aromatic rings. The van der Waals surface area contributed by atoms with Gasteiger partial charge in [0.05, 0.1) is 0 Å². The first-order chi connectivity index (χ1) is 6.38. The lowest BCUT2D eigenvalue weighted by molar-refractivity contribution is 1.71. The van der Waals surface area contributed by atoms with Crippen molar-refractivity contribution in [1.29, 1.82) is 0 Å². The molecular weight excluding hydrogens is 175 g/mol. The summed E-state index contributed by atoms with van der Waals surface area (Å²) < 4.78 is 0. The Bertz CT molecular complexity index is 320. The van der Waals surface area contributed by atoms with Gasteiger partial charge in [0.2, 0.25) is 0 Å². The molecule has 0 unspecified atom stereocenters. The maximum atomic E-state index is 3.71. The van der Waals surface area contributed by atoms with E-state index in [4.69, 9.17) is 0 Å². The van der Waals surface area contributed by atoms with Crippen LogP contribution in [0.2, 0.25) is 0 Å². The molecule has 0 atom stereocenters. The van der Waals surface area contributed by atoms with Crippen molar-refractivity contribution < 1.29 is 0 Å². The third-order valence-corrected chi connectivity index (χ3v) is 2.61. The van der Waals surface area contributed by atoms with Crippen LogP contribution in [0, 0.1) is 0 Å². The summed E-state index contributed by atoms with van der Waals surface area (Å²) in [5, 5.41) is 1.32. The molecule has 1 heteroatoms. The Kier molecular flexibility index (Phi) is 4.21. The molecule has 0 radical (unpaired) electrons. The Labute approximate surface area is 81.4 Å². The minimum Gasteiger partial charge on any atom is -0.0990 e. The average Bonchev–Trinajstić information content (AvgIpc) is 2.19. The van der Waals surface area contributed by atoms with Crippen molar-refractivity contribution in [1.82, 2.24) is 0 Å². The van der Waals surface area contributed by atoms with Crippen molar-refractivity contribution >= 4 is 13.8 Å². The number of rotatable bonds is 3. The normalized spacial score (nSPS) is 12.5. The molecule has 0 amide bonds. The first-order valence-electron chi connectivity index (χ1n) is 4.25. The van der Waals surface area contributed by atoms with Gasteiger partial charge in [-0.05, 0) is 24.4 Å². The second-order valence-electron chi connectivity index (χ2n) is 2.57. The van der Waals surface area contributed by atoms with Gasteiger partial charge in [-0.3, -0.25) is 0 Å². The van der Waals surface area contributed by atoms with Gasteiger partial charge in [0.1, 0.15) is 0 Å². The Hall–Kier alpha value is -1.13. The van der Waals surface area contributed by atoms with Crippen molar-refractivity contribution in [2.75, 3.05) is 0 Å². The lowest BCUT2D eigenvalue weighted by Gasteiger charge is -1.99. The predicted octanol–water partition coefficient (Wildman–Crippen LogP) is 4.41. The van der Waals surface area contributed by atoms with Crippen molar-refractivity contribution in [2.45, 2.75) is 6.92 Å². The monoisotopic (exact) mass is 188 g/mol. The highest BCUT2D eigenvalue weighted by Crippen LogP contribution is 2.23. The minimum absolute atomic E-state index is 1.24. The third kappa shape index (κ3) is 3.01. The number of allylic oxidation sites excluding steroid dienone is 5. The van der Waals surface area contributed by atoms with Crippen molar-refractivity contribution in [3.05, 3.63) is 60.2 Å². The molecule has 0 bridgehead atoms. The van der Waals surface area contributed by atoms with Gasteiger partial charge in [0.15, 0.2) is 0 Å². The van der Waals surface area contributed by atoms with Crippen LogP contribution in [-0.4, -0.2) is 0 Å². The Morgan fingerprint density at radius 1 is 1.46 bits per heavy atom. The molecule has 66 valence electrons. The summed E-state index contributed by atoms with van der Waals surface area (Å²) in [6.45, 7) is 5.73. The maximum Gasteiger partial charge on any atom is 0.00900 e. The molecule has 0 aliphatic carbocycles. The molecule has 1 aromatic heterocycles. The molecule has 0 fully saturated rings. The highest BCUT2D eigenvalue weighted by atomic mass is 31.0. The van der Waals surface area contributed by atoms with Gasteiger partial charge in [-0.15, -0.1) is 0 Å². The summed E-state index contributed by atoms with van der Waals surface area (Å²) in [6.07, 6.45) is 8.01. The number of hydrogen-bond acceptors (Lipinski definition) is 0. The highest BCUT2D eigenvalue weighted by Gasteiger charge is 1.93. The van der Waals surface area contributed by atoms with E-state index in [1.54, 1.807) is 0 Å². The van der Waals surface area contributed by atoms with Gasteiger partial charge in [-0.2, -0.15) is 0 Å². The van der Waals surface area contributed by atoms with Gasteiger partial charge in [0, 0.05) is 5.30 Å². The molecule has 0 aromatic carbocycles. The fraction of sp³-hybridized carbons (Fsp3) is 0.0833. The van der Waals surface area contributed by atoms with E-state index in [1.165, 1.54) is 19.1 Å². The number of hydrogen-bond donors (Lipinski definition) is 0. The van der Waals surface area contributed by atoms with Gasteiger partial charge < -0.3 is 0 Å². The fourth-order valence-electron chi connectivity index (χ4n) is 1.07. The lowest BCUT2D eigenvalue weighted by atomic mass is 10.2. The van der Waals surface area contributed by atoms with Gasteiger partial charge in [0.25, 0.3) is 0 Å². The average molecular weight is 188 g/mol. The summed E-state index contributed by atoms with van der Waals surface area (Å²) in [5.74, 6) is 2.13. The molecule has 0 spiro atoms. The minimum atomic E-state index is 1.24. The molecule has 1 heterocycles. The second-order valence-corrected chi connectivity index (χ2v) is 3.61. The lowest BCUT2D eigenvalue weighted by Crippen LogP contribution is -1.74. The Morgan fingerprint density at radius 3 is 2.85 bits per heavy atom. The van der Waals surface area contributed by atoms with Gasteiger partial charge >= 0.3 is 0 Å². The zero-order valence-corrected chi connectivity index (χ0v) is 8.67. The van der Waals surface area contributed by atoms with Crippen LogP contribution in [0.3, 0.4) is 0 Å². The molecule has 0 aliphatic heterocycles. The van der Waals surface area contributed by atoms with Crippen LogP contribution in [0.15, 0.2) is 54.9 Å². The summed E-state index contributed by atoms with van der Waals surface area (Å²) in [5.41, 5.74) is 1.24. The van der Waals surface area contributed by atoms with E-state index in [2.05, 4.69) is 36.7 Å². The van der Waals surface area contributed by atoms with Crippen LogP contribution in [-0.2, 0) is 0 Å². The molecule has 0 saturated heterocycles. The Morgan fingerprint density at radius 2 is 2.31 bits per heavy atom. The van der Waals surface area contributed by atoms with Crippen LogP contribution in [0.25, 0.3) is 5.57 Å². The fourth-order valence-corrected chi connectivity index (χ4v) is 1.88. The summed E-state index contributed by atoms with van der Waals surface area (Å²) in [4.78, 5) is 0. The Balaban J connectivity index is 3.03. The zero-order valence-electron chi connectivity index (χ0n) is 7.77. The van der Waals surface area contributed by atoms with Crippen LogP contribution in [0.5, 0.6) is 0 Å². The molecule has 13 heavy (non-hydrogen) atoms. The summed E-state index contributed by atoms with van der Waals surface area (Å²) in [7, 11) is 1.25. The topological polar surface area (TPSA) is 0 Å². The molecule has 0 aliphatic rings. The smallest absolute Gasteiger partial charge is 0.00900 e. The second kappa shape index (κ2) is 5.50. The van der Waals surface area contributed by atoms with E-state index >= 15 is 0 Å². The first kappa shape index (κ1) is 9.95. The molecule has 0 N–H and O–H groups in total. The quantitative estimate of drug-likeness (QED) is 0.616. The summed E-state index contributed by atoms with van der Waals surface area (Å²) >= 11 is 0. The van der Waals surface area contributed by atoms with Crippen LogP contribution >= 0.6 is 8.19 Å². The van der Waals surface area contributed by atoms with E-state index in [9.17, 15) is 0 Å². The molecular formula is C12H13P. The summed E-state index contributed by atoms with van der Waals surface area (Å²) in [6, 6.07) is 6.26. The maximum absolute atomic E-state index is 3.71. The molecule has 0 nitrogen and oxygen atoms in total. The van der Waals surface area contributed by atoms with E-state index in [0.717, 1.165) is 0 Å². The third-order valence-electron chi connectivity index (χ3n) is 1.60. The van der Waals surface area contributed by atoms with Gasteiger partial charge in [-0.1, -0.05) is 51.2 Å². The highest BCUT2D eigenvalue weighted by molar-refractivity contribution is 7.30. The van der Waals surface area contributed by atoms with E-state index < -0.39 is 0 Å². The standard InChI is InChI=1S/C12H13P/c1-3-7-11(8-4-2)12-9-5-6-10-13-12/h3-10H,1H2,2H3/b8-4-,11-7+. The largest absolute Gasteiger partial charge is 0.0990 e. The zero-order chi connectivity index (χ0) is 9.52. The van der Waals surface area contributed by atoms with Crippen molar-refractivity contribution in [3.63, 3.8) is 0 Å². The van der Waals surface area contributed by atoms with E-state index in [-0.39, 0.29) is 0 Å². The van der Waals surface area contributed by atoms with Crippen molar-refractivity contribution in [3.8, 4) is 0 Å². The van der Waals surface area contributed by atoms with E-state index in [0.29, 0.717) is 0 Å². The molecule has 1 rings (SSSR count). The van der Waals surface area contributed by atoms with Crippen molar-refractivity contribution in [2.24, 2.45) is 0 Å². The predicted molar refractivity (Wildman–Crippen MR) is 61.9 cm³/mol. The SMILES string of the molecule is C=C/C=C(\C=C/C)c1ccccp1. The van der Waals surface area contributed by atoms with Crippen LogP contribution in [0.1, 0.15) is 12.2 Å². The van der Waals surface area contributed by atoms with Crippen LogP contribution < -0.4 is 0 Å². The van der Waals surface area contributed by atoms with Gasteiger partial charge in [-0.25, -0.2) is 0 Å².